The highest BCUT2D eigenvalue weighted by Crippen LogP contribution is 1.99. The summed E-state index contributed by atoms with van der Waals surface area (Å²) in [6.45, 7) is 6.23. The van der Waals surface area contributed by atoms with Gasteiger partial charge in [0.05, 0.1) is 0 Å². The Morgan fingerprint density at radius 3 is 2.25 bits per heavy atom. The van der Waals surface area contributed by atoms with Crippen molar-refractivity contribution in [3.63, 3.8) is 0 Å². The van der Waals surface area contributed by atoms with Crippen LogP contribution < -0.4 is 0 Å². The summed E-state index contributed by atoms with van der Waals surface area (Å²) in [6, 6.07) is 0. The van der Waals surface area contributed by atoms with Crippen molar-refractivity contribution in [1.29, 1.82) is 0 Å². The number of quaternary nitrogens is 1. The van der Waals surface area contributed by atoms with Crippen LogP contribution in [0.25, 0.3) is 5.84 Å². The van der Waals surface area contributed by atoms with Crippen LogP contribution in [0.4, 0.5) is 0 Å². The maximum absolute atomic E-state index is 10.2. The number of nitrogens with one attached hydrogen (secondary N) is 1. The summed E-state index contributed by atoms with van der Waals surface area (Å²) in [7, 11) is 1.35. The quantitative estimate of drug-likeness (QED) is 0.171. The Balaban J connectivity index is 4.12. The lowest BCUT2D eigenvalue weighted by Gasteiger charge is -2.25. The highest BCUT2D eigenvalue weighted by molar-refractivity contribution is 5.13. The number of hydrogen-bond donors (Lipinski definition) is 0. The molecule has 0 saturated heterocycles. The van der Waals surface area contributed by atoms with E-state index in [4.69, 9.17) is 5.84 Å². The predicted molar refractivity (Wildman–Crippen MR) is 31.5 cm³/mol. The van der Waals surface area contributed by atoms with E-state index >= 15 is 0 Å². The maximum atomic E-state index is 10.2. The molecule has 0 saturated carbocycles. The Morgan fingerprint density at radius 1 is 1.88 bits per heavy atom. The van der Waals surface area contributed by atoms with Crippen molar-refractivity contribution in [2.75, 3.05) is 7.05 Å². The van der Waals surface area contributed by atoms with Crippen molar-refractivity contribution < 1.29 is 9.55 Å². The molecule has 0 aliphatic rings. The molecule has 4 heteroatoms. The van der Waals surface area contributed by atoms with E-state index in [0.29, 0.717) is 0 Å². The number of nitrogens with zero attached hydrogens (tertiary/aromatic N) is 2. The Morgan fingerprint density at radius 2 is 2.25 bits per heavy atom. The topological polar surface area (TPSA) is 49.9 Å². The maximum Gasteiger partial charge on any atom is 0.204 e. The third kappa shape index (κ3) is 1.32. The van der Waals surface area contributed by atoms with Gasteiger partial charge in [0.25, 0.3) is 0 Å². The summed E-state index contributed by atoms with van der Waals surface area (Å²) >= 11 is 0. The molecule has 0 aromatic carbocycles. The zero-order valence-electron chi connectivity index (χ0n) is 4.79. The second-order valence-corrected chi connectivity index (χ2v) is 1.56. The molecule has 0 aliphatic carbocycles. The molecule has 0 fully saturated rings. The first kappa shape index (κ1) is 7.13. The first-order valence-electron chi connectivity index (χ1n) is 2.04. The molecule has 0 aromatic rings. The van der Waals surface area contributed by atoms with E-state index in [1.807, 2.05) is 0 Å². The molecule has 0 spiro atoms. The summed E-state index contributed by atoms with van der Waals surface area (Å²) in [4.78, 5) is 0.229. The van der Waals surface area contributed by atoms with Gasteiger partial charge in [0.15, 0.2) is 0 Å². The van der Waals surface area contributed by atoms with Crippen molar-refractivity contribution in [3.8, 4) is 0 Å². The van der Waals surface area contributed by atoms with Crippen LogP contribution in [0.15, 0.2) is 12.8 Å². The van der Waals surface area contributed by atoms with Gasteiger partial charge in [-0.2, -0.15) is 0 Å². The van der Waals surface area contributed by atoms with Gasteiger partial charge in [0, 0.05) is 0 Å². The van der Waals surface area contributed by atoms with Gasteiger partial charge in [-0.25, -0.2) is 0 Å². The van der Waals surface area contributed by atoms with Gasteiger partial charge in [0.2, 0.25) is 6.72 Å². The Labute approximate surface area is 48.2 Å². The fraction of sp³-hybridized carbons (Fsp3) is 0.250. The summed E-state index contributed by atoms with van der Waals surface area (Å²) < 4.78 is -0.694. The van der Waals surface area contributed by atoms with Gasteiger partial charge in [-0.05, 0) is 11.4 Å². The van der Waals surface area contributed by atoms with E-state index in [2.05, 4.69) is 13.3 Å². The molecule has 0 bridgehead atoms. The molecular formula is C4H9N3O. The SMILES string of the molecule is C=C[N+](C)([NH-])[N+](=C)[O-]. The molecule has 0 aromatic heterocycles. The van der Waals surface area contributed by atoms with Gasteiger partial charge in [-0.3, -0.25) is 0 Å². The highest BCUT2D eigenvalue weighted by atomic mass is 16.5. The Bertz CT molecular complexity index is 118. The molecule has 1 unspecified atom stereocenters. The van der Waals surface area contributed by atoms with Crippen molar-refractivity contribution >= 4 is 6.72 Å². The van der Waals surface area contributed by atoms with E-state index in [1.165, 1.54) is 13.2 Å². The molecule has 4 nitrogen and oxygen atoms in total. The number of rotatable bonds is 2. The van der Waals surface area contributed by atoms with Crippen LogP contribution in [0.1, 0.15) is 0 Å². The summed E-state index contributed by atoms with van der Waals surface area (Å²) in [5, 5.41) is 10.2. The van der Waals surface area contributed by atoms with Crippen LogP contribution in [0, 0.1) is 5.21 Å². The van der Waals surface area contributed by atoms with E-state index in [0.717, 1.165) is 0 Å². The highest BCUT2D eigenvalue weighted by Gasteiger charge is 2.07. The second-order valence-electron chi connectivity index (χ2n) is 1.56. The van der Waals surface area contributed by atoms with E-state index in [9.17, 15) is 5.21 Å². The normalized spacial score (nSPS) is 16.8. The summed E-state index contributed by atoms with van der Waals surface area (Å²) in [5.74, 6) is 7.00. The summed E-state index contributed by atoms with van der Waals surface area (Å²) in [6.07, 6.45) is 1.17. The third-order valence-electron chi connectivity index (χ3n) is 0.819. The van der Waals surface area contributed by atoms with Crippen molar-refractivity contribution in [2.45, 2.75) is 0 Å². The monoisotopic (exact) mass is 115 g/mol. The average Bonchev–Trinajstić information content (AvgIpc) is 1.67. The molecule has 46 valence electrons. The standard InChI is InChI=1S/C4H9N3O/c1-4-7(3,5)6(2)8/h4-5H,1-2H2,3H3. The fourth-order valence-corrected chi connectivity index (χ4v) is 0.0911. The smallest absolute Gasteiger partial charge is 0.204 e. The molecule has 1 atom stereocenters. The van der Waals surface area contributed by atoms with Gasteiger partial charge in [-0.1, -0.05) is 0 Å². The van der Waals surface area contributed by atoms with Gasteiger partial charge < -0.3 is 11.0 Å². The van der Waals surface area contributed by atoms with Gasteiger partial charge in [-0.15, -0.1) is 4.70 Å². The predicted octanol–water partition coefficient (Wildman–Crippen LogP) is 0.670. The molecular weight excluding hydrogens is 106 g/mol. The third-order valence-corrected chi connectivity index (χ3v) is 0.819. The summed E-state index contributed by atoms with van der Waals surface area (Å²) in [5.41, 5.74) is 0. The number of hydrogen-bond acceptors (Lipinski definition) is 1. The lowest BCUT2D eigenvalue weighted by atomic mass is 10.9. The largest absolute Gasteiger partial charge is 0.572 e. The second kappa shape index (κ2) is 1.94. The molecule has 0 rings (SSSR count). The molecule has 0 radical (unpaired) electrons. The van der Waals surface area contributed by atoms with Crippen LogP contribution in [0.3, 0.4) is 0 Å². The first-order valence-corrected chi connectivity index (χ1v) is 2.04. The van der Waals surface area contributed by atoms with Crippen LogP contribution in [0.2, 0.25) is 0 Å². The minimum Gasteiger partial charge on any atom is -0.572 e. The minimum atomic E-state index is -0.694. The zero-order chi connectivity index (χ0) is 6.78. The van der Waals surface area contributed by atoms with Crippen molar-refractivity contribution in [2.24, 2.45) is 0 Å². The Kier molecular flexibility index (Phi) is 1.72. The molecule has 8 heavy (non-hydrogen) atoms. The van der Waals surface area contributed by atoms with Crippen molar-refractivity contribution in [3.05, 3.63) is 23.8 Å². The first-order chi connectivity index (χ1) is 3.50. The van der Waals surface area contributed by atoms with Crippen LogP contribution in [-0.4, -0.2) is 23.3 Å². The molecule has 0 aliphatic heterocycles. The van der Waals surface area contributed by atoms with Crippen LogP contribution >= 0.6 is 0 Å². The van der Waals surface area contributed by atoms with Crippen molar-refractivity contribution in [1.82, 2.24) is 0 Å². The molecule has 1 N–H and O–H groups in total. The van der Waals surface area contributed by atoms with Gasteiger partial charge >= 0.3 is 0 Å². The lowest BCUT2D eigenvalue weighted by Crippen LogP contribution is -2.35. The average molecular weight is 115 g/mol. The van der Waals surface area contributed by atoms with E-state index < -0.39 is 4.70 Å². The van der Waals surface area contributed by atoms with Crippen LogP contribution in [-0.2, 0) is 0 Å². The lowest BCUT2D eigenvalue weighted by molar-refractivity contribution is -1.25. The molecule has 0 amide bonds. The Hall–Kier alpha value is -0.870. The van der Waals surface area contributed by atoms with E-state index in [-0.39, 0.29) is 4.85 Å². The zero-order valence-corrected chi connectivity index (χ0v) is 4.79. The van der Waals surface area contributed by atoms with Crippen LogP contribution in [0.5, 0.6) is 0 Å². The molecule has 0 heterocycles. The minimum absolute atomic E-state index is 0.229. The van der Waals surface area contributed by atoms with E-state index in [1.54, 1.807) is 0 Å². The van der Waals surface area contributed by atoms with Gasteiger partial charge in [0.1, 0.15) is 13.2 Å². The fourth-order valence-electron chi connectivity index (χ4n) is 0.0911.